The molecule has 0 bridgehead atoms. The molecule has 1 saturated carbocycles. The van der Waals surface area contributed by atoms with E-state index in [4.69, 9.17) is 5.73 Å². The Bertz CT molecular complexity index is 566. The Morgan fingerprint density at radius 2 is 2.10 bits per heavy atom. The van der Waals surface area contributed by atoms with Gasteiger partial charge >= 0.3 is 0 Å². The maximum Gasteiger partial charge on any atom is 0.226 e. The number of rotatable bonds is 3. The first-order valence-corrected chi connectivity index (χ1v) is 6.97. The molecule has 2 N–H and O–H groups in total. The van der Waals surface area contributed by atoms with Crippen LogP contribution in [0.5, 0.6) is 0 Å². The first-order chi connectivity index (χ1) is 9.45. The topological polar surface area (TPSA) is 46.3 Å². The van der Waals surface area contributed by atoms with Crippen LogP contribution in [0, 0.1) is 23.2 Å². The number of amides is 1. The van der Waals surface area contributed by atoms with Crippen LogP contribution in [0.1, 0.15) is 31.4 Å². The van der Waals surface area contributed by atoms with E-state index in [-0.39, 0.29) is 17.2 Å². The molecule has 1 atom stereocenters. The largest absolute Gasteiger partial charge is 0.341 e. The molecule has 1 aliphatic carbocycles. The smallest absolute Gasteiger partial charge is 0.226 e. The van der Waals surface area contributed by atoms with Gasteiger partial charge in [-0.05, 0) is 23.5 Å². The van der Waals surface area contributed by atoms with E-state index in [2.05, 4.69) is 25.7 Å². The minimum absolute atomic E-state index is 0.171. The average molecular weight is 270 g/mol. The molecule has 3 heteroatoms. The number of carbonyl (C=O) groups is 1. The van der Waals surface area contributed by atoms with Crippen molar-refractivity contribution in [1.82, 2.24) is 4.90 Å². The molecule has 1 amide bonds. The van der Waals surface area contributed by atoms with E-state index in [1.165, 1.54) is 0 Å². The van der Waals surface area contributed by atoms with Gasteiger partial charge in [0, 0.05) is 25.1 Å². The Morgan fingerprint density at radius 1 is 1.45 bits per heavy atom. The second-order valence-corrected chi connectivity index (χ2v) is 6.10. The fourth-order valence-corrected chi connectivity index (χ4v) is 2.41. The Kier molecular flexibility index (Phi) is 4.15. The molecule has 1 aliphatic rings. The van der Waals surface area contributed by atoms with Gasteiger partial charge in [-0.3, -0.25) is 4.79 Å². The molecule has 0 aliphatic heterocycles. The van der Waals surface area contributed by atoms with E-state index in [1.807, 2.05) is 36.2 Å². The lowest BCUT2D eigenvalue weighted by Gasteiger charge is -2.19. The third-order valence-electron chi connectivity index (χ3n) is 3.94. The maximum atomic E-state index is 12.3. The molecule has 0 saturated heterocycles. The second kappa shape index (κ2) is 5.68. The number of hydrogen-bond acceptors (Lipinski definition) is 2. The predicted molar refractivity (Wildman–Crippen MR) is 80.7 cm³/mol. The summed E-state index contributed by atoms with van der Waals surface area (Å²) in [4.78, 5) is 14.1. The third-order valence-corrected chi connectivity index (χ3v) is 3.94. The monoisotopic (exact) mass is 270 g/mol. The molecular weight excluding hydrogens is 248 g/mol. The molecule has 1 fully saturated rings. The Balaban J connectivity index is 2.08. The molecule has 1 aromatic carbocycles. The first kappa shape index (κ1) is 14.6. The van der Waals surface area contributed by atoms with E-state index >= 15 is 0 Å². The molecule has 0 aromatic heterocycles. The zero-order valence-electron chi connectivity index (χ0n) is 12.4. The van der Waals surface area contributed by atoms with E-state index in [1.54, 1.807) is 0 Å². The van der Waals surface area contributed by atoms with Crippen LogP contribution >= 0.6 is 0 Å². The summed E-state index contributed by atoms with van der Waals surface area (Å²) in [6, 6.07) is 7.91. The van der Waals surface area contributed by atoms with Gasteiger partial charge < -0.3 is 10.6 Å². The number of hydrogen-bond donors (Lipinski definition) is 1. The van der Waals surface area contributed by atoms with Gasteiger partial charge in [0.05, 0.1) is 6.54 Å². The summed E-state index contributed by atoms with van der Waals surface area (Å²) in [5.41, 5.74) is 7.61. The van der Waals surface area contributed by atoms with Gasteiger partial charge in [0.1, 0.15) is 0 Å². The van der Waals surface area contributed by atoms with Crippen molar-refractivity contribution in [1.29, 1.82) is 0 Å². The highest BCUT2D eigenvalue weighted by Gasteiger charge is 2.51. The van der Waals surface area contributed by atoms with Crippen molar-refractivity contribution in [3.05, 3.63) is 35.4 Å². The summed E-state index contributed by atoms with van der Waals surface area (Å²) in [6.45, 7) is 5.23. The van der Waals surface area contributed by atoms with E-state index in [0.29, 0.717) is 13.1 Å². The van der Waals surface area contributed by atoms with E-state index < -0.39 is 0 Å². The average Bonchev–Trinajstić information content (AvgIpc) is 3.05. The Labute approximate surface area is 121 Å². The zero-order chi connectivity index (χ0) is 14.8. The minimum atomic E-state index is 0.171. The minimum Gasteiger partial charge on any atom is -0.341 e. The summed E-state index contributed by atoms with van der Waals surface area (Å²) in [7, 11) is 1.86. The van der Waals surface area contributed by atoms with E-state index in [9.17, 15) is 4.79 Å². The normalized spacial score (nSPS) is 18.9. The van der Waals surface area contributed by atoms with Crippen LogP contribution < -0.4 is 5.73 Å². The molecule has 20 heavy (non-hydrogen) atoms. The number of carbonyl (C=O) groups excluding carboxylic acids is 1. The van der Waals surface area contributed by atoms with Crippen LogP contribution in [0.25, 0.3) is 0 Å². The van der Waals surface area contributed by atoms with Gasteiger partial charge in [-0.15, -0.1) is 0 Å². The highest BCUT2D eigenvalue weighted by molar-refractivity contribution is 5.82. The van der Waals surface area contributed by atoms with Gasteiger partial charge in [-0.25, -0.2) is 0 Å². The quantitative estimate of drug-likeness (QED) is 0.854. The molecule has 1 aromatic rings. The number of nitrogens with zero attached hydrogens (tertiary/aromatic N) is 1. The van der Waals surface area contributed by atoms with Crippen molar-refractivity contribution in [3.8, 4) is 11.8 Å². The van der Waals surface area contributed by atoms with Gasteiger partial charge in [0.25, 0.3) is 0 Å². The molecule has 0 radical (unpaired) electrons. The van der Waals surface area contributed by atoms with Gasteiger partial charge in [-0.2, -0.15) is 0 Å². The van der Waals surface area contributed by atoms with Gasteiger partial charge in [-0.1, -0.05) is 43.9 Å². The molecule has 3 nitrogen and oxygen atoms in total. The lowest BCUT2D eigenvalue weighted by Crippen LogP contribution is -2.29. The second-order valence-electron chi connectivity index (χ2n) is 6.10. The van der Waals surface area contributed by atoms with Gasteiger partial charge in [0.15, 0.2) is 0 Å². The molecule has 2 rings (SSSR count). The summed E-state index contributed by atoms with van der Waals surface area (Å²) < 4.78 is 0. The van der Waals surface area contributed by atoms with E-state index in [0.717, 1.165) is 17.5 Å². The lowest BCUT2D eigenvalue weighted by molar-refractivity contribution is -0.132. The van der Waals surface area contributed by atoms with Crippen molar-refractivity contribution >= 4 is 5.91 Å². The molecule has 0 spiro atoms. The zero-order valence-corrected chi connectivity index (χ0v) is 12.4. The summed E-state index contributed by atoms with van der Waals surface area (Å²) in [5.74, 6) is 6.34. The maximum absolute atomic E-state index is 12.3. The molecule has 0 heterocycles. The summed E-state index contributed by atoms with van der Waals surface area (Å²) >= 11 is 0. The highest BCUT2D eigenvalue weighted by atomic mass is 16.2. The molecular formula is C17H22N2O. The SMILES string of the molecule is CN(Cc1ccccc1C#CCN)C(=O)C1CC1(C)C. The highest BCUT2D eigenvalue weighted by Crippen LogP contribution is 2.52. The van der Waals surface area contributed by atoms with Crippen LogP contribution in [0.3, 0.4) is 0 Å². The van der Waals surface area contributed by atoms with Crippen LogP contribution in [0.15, 0.2) is 24.3 Å². The summed E-state index contributed by atoms with van der Waals surface area (Å²) in [5, 5.41) is 0. The lowest BCUT2D eigenvalue weighted by atomic mass is 10.1. The van der Waals surface area contributed by atoms with Crippen molar-refractivity contribution < 1.29 is 4.79 Å². The number of nitrogens with two attached hydrogens (primary N) is 1. The molecule has 106 valence electrons. The van der Waals surface area contributed by atoms with Crippen molar-refractivity contribution in [3.63, 3.8) is 0 Å². The Hall–Kier alpha value is -1.79. The predicted octanol–water partition coefficient (Wildman–Crippen LogP) is 2.00. The van der Waals surface area contributed by atoms with Crippen molar-refractivity contribution in [2.45, 2.75) is 26.8 Å². The summed E-state index contributed by atoms with van der Waals surface area (Å²) in [6.07, 6.45) is 0.991. The van der Waals surface area contributed by atoms with Crippen molar-refractivity contribution in [2.24, 2.45) is 17.1 Å². The fourth-order valence-electron chi connectivity index (χ4n) is 2.41. The Morgan fingerprint density at radius 3 is 2.70 bits per heavy atom. The fraction of sp³-hybridized carbons (Fsp3) is 0.471. The van der Waals surface area contributed by atoms with Crippen LogP contribution in [-0.2, 0) is 11.3 Å². The van der Waals surface area contributed by atoms with Crippen LogP contribution in [0.4, 0.5) is 0 Å². The third kappa shape index (κ3) is 3.20. The van der Waals surface area contributed by atoms with Gasteiger partial charge in [0.2, 0.25) is 5.91 Å². The van der Waals surface area contributed by atoms with Crippen LogP contribution in [-0.4, -0.2) is 24.4 Å². The standard InChI is InChI=1S/C17H22N2O/c1-17(2)11-15(17)16(20)19(3)12-14-8-5-4-7-13(14)9-6-10-18/h4-5,7-8,15H,10-12,18H2,1-3H3. The van der Waals surface area contributed by atoms with Crippen molar-refractivity contribution in [2.75, 3.05) is 13.6 Å². The van der Waals surface area contributed by atoms with Crippen LogP contribution in [0.2, 0.25) is 0 Å². The molecule has 1 unspecified atom stereocenters. The number of benzene rings is 1. The first-order valence-electron chi connectivity index (χ1n) is 6.97.